The maximum Gasteiger partial charge on any atom is 0.256 e. The van der Waals surface area contributed by atoms with Crippen molar-refractivity contribution in [1.29, 1.82) is 0 Å². The highest BCUT2D eigenvalue weighted by Gasteiger charge is 2.26. The first-order valence-corrected chi connectivity index (χ1v) is 11.2. The number of hydrazone groups is 1. The summed E-state index contributed by atoms with van der Waals surface area (Å²) in [7, 11) is 0. The molecular formula is C22H17BrClN3O2S. The maximum absolute atomic E-state index is 12.3. The summed E-state index contributed by atoms with van der Waals surface area (Å²) in [5.74, 6) is 0.498. The summed E-state index contributed by atoms with van der Waals surface area (Å²) in [6.07, 6.45) is 0. The van der Waals surface area contributed by atoms with Gasteiger partial charge in [-0.05, 0) is 47.8 Å². The molecule has 1 amide bonds. The molecule has 2 N–H and O–H groups in total. The van der Waals surface area contributed by atoms with E-state index < -0.39 is 0 Å². The summed E-state index contributed by atoms with van der Waals surface area (Å²) < 4.78 is 7.05. The first kappa shape index (κ1) is 20.7. The number of benzene rings is 2. The van der Waals surface area contributed by atoms with E-state index in [1.165, 1.54) is 11.3 Å². The van der Waals surface area contributed by atoms with Gasteiger partial charge >= 0.3 is 0 Å². The Labute approximate surface area is 191 Å². The molecule has 3 aromatic rings. The molecule has 30 heavy (non-hydrogen) atoms. The monoisotopic (exact) mass is 501 g/mol. The van der Waals surface area contributed by atoms with Crippen LogP contribution >= 0.6 is 38.9 Å². The Morgan fingerprint density at radius 1 is 1.17 bits per heavy atom. The van der Waals surface area contributed by atoms with Crippen LogP contribution in [0.15, 0.2) is 81.4 Å². The van der Waals surface area contributed by atoms with Crippen LogP contribution in [-0.4, -0.2) is 24.8 Å². The average molecular weight is 503 g/mol. The van der Waals surface area contributed by atoms with Gasteiger partial charge in [0.15, 0.2) is 0 Å². The van der Waals surface area contributed by atoms with Crippen LogP contribution in [0.4, 0.5) is 5.69 Å². The van der Waals surface area contributed by atoms with Crippen molar-refractivity contribution in [2.24, 2.45) is 5.10 Å². The number of hydrogen-bond acceptors (Lipinski definition) is 5. The van der Waals surface area contributed by atoms with Crippen molar-refractivity contribution in [3.63, 3.8) is 0 Å². The van der Waals surface area contributed by atoms with E-state index in [1.807, 2.05) is 66.0 Å². The summed E-state index contributed by atoms with van der Waals surface area (Å²) in [5, 5.41) is 9.97. The van der Waals surface area contributed by atoms with E-state index in [1.54, 1.807) is 0 Å². The fraction of sp³-hybridized carbons (Fsp3) is 0.0909. The van der Waals surface area contributed by atoms with Gasteiger partial charge in [-0.15, -0.1) is 11.3 Å². The smallest absolute Gasteiger partial charge is 0.256 e. The number of anilines is 1. The molecule has 1 aliphatic heterocycles. The predicted molar refractivity (Wildman–Crippen MR) is 126 cm³/mol. The van der Waals surface area contributed by atoms with Gasteiger partial charge in [-0.3, -0.25) is 10.2 Å². The molecule has 0 fully saturated rings. The van der Waals surface area contributed by atoms with Crippen LogP contribution in [0.25, 0.3) is 5.57 Å². The lowest BCUT2D eigenvalue weighted by Crippen LogP contribution is -2.18. The number of amides is 1. The van der Waals surface area contributed by atoms with E-state index in [0.29, 0.717) is 28.6 Å². The molecule has 5 nitrogen and oxygen atoms in total. The predicted octanol–water partition coefficient (Wildman–Crippen LogP) is 5.54. The highest BCUT2D eigenvalue weighted by Crippen LogP contribution is 2.27. The normalized spacial score (nSPS) is 14.1. The number of carbonyl (C=O) groups excluding carboxylic acids is 1. The second kappa shape index (κ2) is 9.47. The number of rotatable bonds is 7. The van der Waals surface area contributed by atoms with E-state index in [9.17, 15) is 4.79 Å². The van der Waals surface area contributed by atoms with Crippen molar-refractivity contribution in [2.45, 2.75) is 0 Å². The Kier molecular flexibility index (Phi) is 6.52. The van der Waals surface area contributed by atoms with E-state index in [-0.39, 0.29) is 12.5 Å². The van der Waals surface area contributed by atoms with Gasteiger partial charge in [0.05, 0.1) is 17.8 Å². The summed E-state index contributed by atoms with van der Waals surface area (Å²) in [5.41, 5.74) is 6.06. The minimum absolute atomic E-state index is 0.120. The van der Waals surface area contributed by atoms with Crippen LogP contribution in [0, 0.1) is 0 Å². The number of ether oxygens (including phenoxy) is 1. The van der Waals surface area contributed by atoms with Crippen LogP contribution in [0.5, 0.6) is 0 Å². The summed E-state index contributed by atoms with van der Waals surface area (Å²) in [6.45, 7) is 0.560. The second-order valence-corrected chi connectivity index (χ2v) is 8.73. The number of carbonyl (C=O) groups is 1. The molecule has 2 heterocycles. The van der Waals surface area contributed by atoms with E-state index in [2.05, 4.69) is 31.8 Å². The van der Waals surface area contributed by atoms with Crippen LogP contribution in [0.1, 0.15) is 10.4 Å². The molecule has 0 saturated carbocycles. The molecule has 0 aliphatic carbocycles. The summed E-state index contributed by atoms with van der Waals surface area (Å²) in [6, 6.07) is 18.9. The van der Waals surface area contributed by atoms with Crippen LogP contribution in [-0.2, 0) is 9.53 Å². The minimum atomic E-state index is -0.120. The third-order valence-electron chi connectivity index (χ3n) is 4.41. The standard InChI is InChI=1S/C22H17BrClN3O2S/c23-15-5-9-17(10-6-15)26-27-18(14-3-7-16(24)8-4-14)13-29-19-12-25-22(28)21(19)20-2-1-11-30-20/h1-11,26H,12-13H2,(H,25,28). The van der Waals surface area contributed by atoms with Gasteiger partial charge in [0.1, 0.15) is 18.1 Å². The molecule has 0 atom stereocenters. The lowest BCUT2D eigenvalue weighted by Gasteiger charge is -2.12. The molecule has 0 spiro atoms. The van der Waals surface area contributed by atoms with Crippen LogP contribution in [0.3, 0.4) is 0 Å². The Bertz CT molecular complexity index is 1090. The van der Waals surface area contributed by atoms with Gasteiger partial charge in [-0.25, -0.2) is 0 Å². The molecule has 4 rings (SSSR count). The van der Waals surface area contributed by atoms with Crippen molar-refractivity contribution in [3.8, 4) is 0 Å². The summed E-state index contributed by atoms with van der Waals surface area (Å²) in [4.78, 5) is 13.2. The molecule has 0 unspecified atom stereocenters. The SMILES string of the molecule is O=C1NCC(OCC(=NNc2ccc(Br)cc2)c2ccc(Cl)cc2)=C1c1cccs1. The van der Waals surface area contributed by atoms with Gasteiger partial charge in [-0.1, -0.05) is 45.7 Å². The van der Waals surface area contributed by atoms with Crippen molar-refractivity contribution in [3.05, 3.63) is 91.7 Å². The highest BCUT2D eigenvalue weighted by atomic mass is 79.9. The Morgan fingerprint density at radius 2 is 1.93 bits per heavy atom. The van der Waals surface area contributed by atoms with Gasteiger partial charge in [-0.2, -0.15) is 5.10 Å². The third-order valence-corrected chi connectivity index (χ3v) is 6.08. The molecule has 2 aromatic carbocycles. The van der Waals surface area contributed by atoms with Gasteiger partial charge in [0, 0.05) is 19.9 Å². The molecular weight excluding hydrogens is 486 g/mol. The average Bonchev–Trinajstić information content (AvgIpc) is 3.40. The molecule has 0 radical (unpaired) electrons. The lowest BCUT2D eigenvalue weighted by molar-refractivity contribution is -0.114. The molecule has 1 aromatic heterocycles. The number of nitrogens with zero attached hydrogens (tertiary/aromatic N) is 1. The Morgan fingerprint density at radius 3 is 2.63 bits per heavy atom. The second-order valence-electron chi connectivity index (χ2n) is 6.43. The fourth-order valence-electron chi connectivity index (χ4n) is 2.89. The quantitative estimate of drug-likeness (QED) is 0.329. The van der Waals surface area contributed by atoms with Crippen molar-refractivity contribution >= 4 is 61.7 Å². The van der Waals surface area contributed by atoms with Crippen molar-refractivity contribution < 1.29 is 9.53 Å². The van der Waals surface area contributed by atoms with Gasteiger partial charge in [0.2, 0.25) is 0 Å². The Hall–Kier alpha value is -2.61. The number of halogens is 2. The number of hydrogen-bond donors (Lipinski definition) is 2. The van der Waals surface area contributed by atoms with Gasteiger partial charge in [0.25, 0.3) is 5.91 Å². The zero-order valence-corrected chi connectivity index (χ0v) is 18.9. The molecule has 0 saturated heterocycles. The van der Waals surface area contributed by atoms with E-state index in [0.717, 1.165) is 20.6 Å². The third kappa shape index (κ3) is 4.92. The van der Waals surface area contributed by atoms with E-state index >= 15 is 0 Å². The minimum Gasteiger partial charge on any atom is -0.489 e. The molecule has 8 heteroatoms. The van der Waals surface area contributed by atoms with Crippen molar-refractivity contribution in [1.82, 2.24) is 5.32 Å². The largest absolute Gasteiger partial charge is 0.489 e. The molecule has 152 valence electrons. The van der Waals surface area contributed by atoms with E-state index in [4.69, 9.17) is 16.3 Å². The van der Waals surface area contributed by atoms with Crippen molar-refractivity contribution in [2.75, 3.05) is 18.6 Å². The molecule has 1 aliphatic rings. The Balaban J connectivity index is 1.58. The number of thiophene rings is 1. The van der Waals surface area contributed by atoms with Crippen LogP contribution < -0.4 is 10.7 Å². The zero-order chi connectivity index (χ0) is 20.9. The highest BCUT2D eigenvalue weighted by molar-refractivity contribution is 9.10. The van der Waals surface area contributed by atoms with Crippen LogP contribution in [0.2, 0.25) is 5.02 Å². The molecule has 0 bridgehead atoms. The summed E-state index contributed by atoms with van der Waals surface area (Å²) >= 11 is 11.0. The maximum atomic E-state index is 12.3. The fourth-order valence-corrected chi connectivity index (χ4v) is 4.07. The first-order chi connectivity index (χ1) is 14.6. The topological polar surface area (TPSA) is 62.7 Å². The van der Waals surface area contributed by atoms with Gasteiger partial charge < -0.3 is 10.1 Å². The lowest BCUT2D eigenvalue weighted by atomic mass is 10.1. The first-order valence-electron chi connectivity index (χ1n) is 9.12. The zero-order valence-electron chi connectivity index (χ0n) is 15.7. The number of nitrogens with one attached hydrogen (secondary N) is 2.